The van der Waals surface area contributed by atoms with Crippen LogP contribution in [0.4, 0.5) is 9.59 Å². The van der Waals surface area contributed by atoms with E-state index in [0.29, 0.717) is 6.42 Å². The Hall–Kier alpha value is -3.34. The zero-order valence-corrected chi connectivity index (χ0v) is 20.9. The Balaban J connectivity index is 0.00000648. The van der Waals surface area contributed by atoms with Gasteiger partial charge in [0.2, 0.25) is 5.91 Å². The van der Waals surface area contributed by atoms with Gasteiger partial charge in [-0.1, -0.05) is 60.7 Å². The molecule has 0 saturated carbocycles. The Morgan fingerprint density at radius 2 is 1.53 bits per heavy atom. The van der Waals surface area contributed by atoms with Crippen LogP contribution < -0.4 is 11.1 Å². The Morgan fingerprint density at radius 1 is 0.917 bits per heavy atom. The second-order valence-corrected chi connectivity index (χ2v) is 7.98. The van der Waals surface area contributed by atoms with Crippen molar-refractivity contribution in [1.29, 1.82) is 0 Å². The molecule has 0 radical (unpaired) electrons. The topological polar surface area (TPSA) is 145 Å². The lowest BCUT2D eigenvalue weighted by atomic mass is 10.1. The number of carbonyl (C=O) groups excluding carboxylic acids is 2. The van der Waals surface area contributed by atoms with E-state index in [1.807, 2.05) is 60.7 Å². The van der Waals surface area contributed by atoms with Gasteiger partial charge in [0, 0.05) is 32.7 Å². The van der Waals surface area contributed by atoms with Gasteiger partial charge in [0.25, 0.3) is 0 Å². The van der Waals surface area contributed by atoms with Crippen molar-refractivity contribution >= 4 is 30.5 Å². The van der Waals surface area contributed by atoms with Gasteiger partial charge in [0.05, 0.1) is 12.6 Å². The van der Waals surface area contributed by atoms with Gasteiger partial charge in [-0.15, -0.1) is 12.4 Å². The van der Waals surface area contributed by atoms with Crippen LogP contribution in [0.15, 0.2) is 60.7 Å². The summed E-state index contributed by atoms with van der Waals surface area (Å²) in [7, 11) is 0. The predicted molar refractivity (Wildman–Crippen MR) is 138 cm³/mol. The third kappa shape index (κ3) is 11.4. The fourth-order valence-corrected chi connectivity index (χ4v) is 3.43. The van der Waals surface area contributed by atoms with Crippen LogP contribution in [-0.4, -0.2) is 76.9 Å². The molecule has 5 N–H and O–H groups in total. The Kier molecular flexibility index (Phi) is 14.6. The van der Waals surface area contributed by atoms with E-state index in [9.17, 15) is 24.6 Å². The van der Waals surface area contributed by atoms with Crippen molar-refractivity contribution in [2.24, 2.45) is 5.73 Å². The number of halogens is 1. The maximum absolute atomic E-state index is 12.7. The molecule has 2 aromatic rings. The summed E-state index contributed by atoms with van der Waals surface area (Å²) in [4.78, 5) is 38.8. The number of hydrogen-bond donors (Lipinski definition) is 4. The van der Waals surface area contributed by atoms with E-state index in [1.165, 1.54) is 9.80 Å². The van der Waals surface area contributed by atoms with Crippen LogP contribution in [-0.2, 0) is 22.7 Å². The SMILES string of the molecule is Cl.N[C@@H](CCCN(Cc1ccccc1)C(=O)O)C(=O)N(CCO)CCNC(=O)OCc1ccccc1. The lowest BCUT2D eigenvalue weighted by Crippen LogP contribution is -2.48. The first-order valence-corrected chi connectivity index (χ1v) is 11.5. The molecule has 11 heteroatoms. The van der Waals surface area contributed by atoms with Crippen molar-refractivity contribution < 1.29 is 29.3 Å². The average Bonchev–Trinajstić information content (AvgIpc) is 2.87. The molecular formula is C25H35ClN4O6. The van der Waals surface area contributed by atoms with E-state index in [0.717, 1.165) is 11.1 Å². The summed E-state index contributed by atoms with van der Waals surface area (Å²) in [6.07, 6.45) is -0.961. The standard InChI is InChI=1S/C25H34N4O6.ClH/c26-22(12-7-14-29(25(33)34)18-20-8-3-1-4-9-20)23(31)28(16-17-30)15-13-27-24(32)35-19-21-10-5-2-6-11-21;/h1-6,8-11,22,30H,7,12-19,26H2,(H,27,32)(H,33,34);1H/t22-;/m0./s1. The molecule has 0 spiro atoms. The van der Waals surface area contributed by atoms with Crippen LogP contribution in [0.25, 0.3) is 0 Å². The smallest absolute Gasteiger partial charge is 0.407 e. The van der Waals surface area contributed by atoms with Crippen molar-refractivity contribution in [3.8, 4) is 0 Å². The molecule has 0 saturated heterocycles. The van der Waals surface area contributed by atoms with E-state index < -0.39 is 18.2 Å². The minimum absolute atomic E-state index is 0. The first kappa shape index (κ1) is 30.7. The summed E-state index contributed by atoms with van der Waals surface area (Å²) in [6.45, 7) is 0.735. The van der Waals surface area contributed by atoms with Gasteiger partial charge in [-0.25, -0.2) is 9.59 Å². The molecule has 0 fully saturated rings. The number of nitrogens with one attached hydrogen (secondary N) is 1. The summed E-state index contributed by atoms with van der Waals surface area (Å²) in [5.41, 5.74) is 7.79. The van der Waals surface area contributed by atoms with Gasteiger partial charge < -0.3 is 35.8 Å². The third-order valence-corrected chi connectivity index (χ3v) is 5.29. The van der Waals surface area contributed by atoms with Crippen LogP contribution in [0, 0.1) is 0 Å². The second-order valence-electron chi connectivity index (χ2n) is 7.98. The number of nitrogens with zero attached hydrogens (tertiary/aromatic N) is 2. The minimum atomic E-state index is -1.04. The largest absolute Gasteiger partial charge is 0.465 e. The van der Waals surface area contributed by atoms with Crippen molar-refractivity contribution in [3.63, 3.8) is 0 Å². The quantitative estimate of drug-likeness (QED) is 0.298. The van der Waals surface area contributed by atoms with Crippen molar-refractivity contribution in [2.75, 3.05) is 32.8 Å². The van der Waals surface area contributed by atoms with E-state index in [2.05, 4.69) is 5.32 Å². The zero-order valence-electron chi connectivity index (χ0n) is 20.1. The van der Waals surface area contributed by atoms with Crippen LogP contribution in [0.3, 0.4) is 0 Å². The van der Waals surface area contributed by atoms with E-state index in [-0.39, 0.29) is 70.7 Å². The first-order chi connectivity index (χ1) is 16.9. The maximum atomic E-state index is 12.7. The molecule has 10 nitrogen and oxygen atoms in total. The second kappa shape index (κ2) is 17.1. The fourth-order valence-electron chi connectivity index (χ4n) is 3.43. The highest BCUT2D eigenvalue weighted by molar-refractivity contribution is 5.85. The van der Waals surface area contributed by atoms with Gasteiger partial charge >= 0.3 is 12.2 Å². The monoisotopic (exact) mass is 522 g/mol. The summed E-state index contributed by atoms with van der Waals surface area (Å²) < 4.78 is 5.14. The van der Waals surface area contributed by atoms with Crippen LogP contribution in [0.1, 0.15) is 24.0 Å². The molecule has 1 atom stereocenters. The number of rotatable bonds is 14. The number of hydrogen-bond acceptors (Lipinski definition) is 6. The van der Waals surface area contributed by atoms with Gasteiger partial charge in [-0.3, -0.25) is 4.79 Å². The molecule has 0 aromatic heterocycles. The number of aliphatic hydroxyl groups is 1. The molecule has 0 aliphatic heterocycles. The van der Waals surface area contributed by atoms with Crippen LogP contribution >= 0.6 is 12.4 Å². The fraction of sp³-hybridized carbons (Fsp3) is 0.400. The molecule has 3 amide bonds. The third-order valence-electron chi connectivity index (χ3n) is 5.29. The molecule has 0 bridgehead atoms. The number of carbonyl (C=O) groups is 3. The number of ether oxygens (including phenoxy) is 1. The molecule has 36 heavy (non-hydrogen) atoms. The summed E-state index contributed by atoms with van der Waals surface area (Å²) in [5, 5.41) is 21.4. The highest BCUT2D eigenvalue weighted by atomic mass is 35.5. The van der Waals surface area contributed by atoms with Gasteiger partial charge in [0.1, 0.15) is 6.61 Å². The van der Waals surface area contributed by atoms with E-state index >= 15 is 0 Å². The van der Waals surface area contributed by atoms with Gasteiger partial charge in [-0.05, 0) is 24.0 Å². The molecular weight excluding hydrogens is 488 g/mol. The van der Waals surface area contributed by atoms with Crippen molar-refractivity contribution in [3.05, 3.63) is 71.8 Å². The average molecular weight is 523 g/mol. The number of amides is 3. The molecule has 0 heterocycles. The van der Waals surface area contributed by atoms with Crippen molar-refractivity contribution in [1.82, 2.24) is 15.1 Å². The molecule has 0 unspecified atom stereocenters. The zero-order chi connectivity index (χ0) is 25.5. The van der Waals surface area contributed by atoms with E-state index in [4.69, 9.17) is 10.5 Å². The predicted octanol–water partition coefficient (Wildman–Crippen LogP) is 2.44. The normalized spacial score (nSPS) is 11.1. The Morgan fingerprint density at radius 3 is 2.11 bits per heavy atom. The highest BCUT2D eigenvalue weighted by Gasteiger charge is 2.21. The molecule has 2 aromatic carbocycles. The molecule has 198 valence electrons. The lowest BCUT2D eigenvalue weighted by Gasteiger charge is -2.26. The van der Waals surface area contributed by atoms with Gasteiger partial charge in [-0.2, -0.15) is 0 Å². The first-order valence-electron chi connectivity index (χ1n) is 11.5. The summed E-state index contributed by atoms with van der Waals surface area (Å²) in [6, 6.07) is 17.7. The number of benzene rings is 2. The Labute approximate surface area is 217 Å². The highest BCUT2D eigenvalue weighted by Crippen LogP contribution is 2.08. The molecule has 0 aliphatic carbocycles. The van der Waals surface area contributed by atoms with Crippen LogP contribution in [0.5, 0.6) is 0 Å². The maximum Gasteiger partial charge on any atom is 0.407 e. The summed E-state index contributed by atoms with van der Waals surface area (Å²) >= 11 is 0. The number of nitrogens with two attached hydrogens (primary N) is 1. The molecule has 2 rings (SSSR count). The van der Waals surface area contributed by atoms with Crippen molar-refractivity contribution in [2.45, 2.75) is 32.0 Å². The lowest BCUT2D eigenvalue weighted by molar-refractivity contribution is -0.133. The minimum Gasteiger partial charge on any atom is -0.465 e. The number of aliphatic hydroxyl groups excluding tert-OH is 1. The van der Waals surface area contributed by atoms with Crippen LogP contribution in [0.2, 0.25) is 0 Å². The number of carboxylic acid groups (broad SMARTS) is 1. The summed E-state index contributed by atoms with van der Waals surface area (Å²) in [5.74, 6) is -0.372. The van der Waals surface area contributed by atoms with E-state index in [1.54, 1.807) is 0 Å². The molecule has 0 aliphatic rings. The number of alkyl carbamates (subject to hydrolysis) is 1. The van der Waals surface area contributed by atoms with Gasteiger partial charge in [0.15, 0.2) is 0 Å². The Bertz CT molecular complexity index is 919.